The second-order valence-electron chi connectivity index (χ2n) is 6.86. The van der Waals surface area contributed by atoms with Crippen LogP contribution in [0, 0.1) is 0 Å². The molecule has 1 N–H and O–H groups in total. The van der Waals surface area contributed by atoms with E-state index in [0.29, 0.717) is 0 Å². The average Bonchev–Trinajstić information content (AvgIpc) is 2.54. The van der Waals surface area contributed by atoms with Gasteiger partial charge in [0.05, 0.1) is 6.10 Å². The lowest BCUT2D eigenvalue weighted by atomic mass is 9.96. The van der Waals surface area contributed by atoms with Gasteiger partial charge in [0, 0.05) is 52.0 Å². The molecule has 1 aromatic rings. The first-order valence-corrected chi connectivity index (χ1v) is 8.56. The molecule has 0 saturated carbocycles. The van der Waals surface area contributed by atoms with Crippen molar-refractivity contribution in [3.63, 3.8) is 0 Å². The van der Waals surface area contributed by atoms with E-state index in [1.165, 1.54) is 17.7 Å². The van der Waals surface area contributed by atoms with Crippen LogP contribution in [-0.2, 0) is 6.42 Å². The number of nitrogens with zero attached hydrogens (tertiary/aromatic N) is 3. The Morgan fingerprint density at radius 1 is 1.09 bits per heavy atom. The van der Waals surface area contributed by atoms with E-state index in [0.717, 1.165) is 57.7 Å². The summed E-state index contributed by atoms with van der Waals surface area (Å²) in [5.74, 6) is 0. The van der Waals surface area contributed by atoms with E-state index < -0.39 is 0 Å². The molecule has 0 aromatic heterocycles. The van der Waals surface area contributed by atoms with Gasteiger partial charge in [0.2, 0.25) is 0 Å². The van der Waals surface area contributed by atoms with Gasteiger partial charge in [-0.25, -0.2) is 0 Å². The molecule has 1 atom stereocenters. The molecule has 3 rings (SSSR count). The fourth-order valence-corrected chi connectivity index (χ4v) is 3.56. The van der Waals surface area contributed by atoms with Gasteiger partial charge in [-0.3, -0.25) is 0 Å². The Balaban J connectivity index is 1.57. The van der Waals surface area contributed by atoms with Crippen molar-refractivity contribution in [2.24, 2.45) is 0 Å². The van der Waals surface area contributed by atoms with Gasteiger partial charge in [-0.15, -0.1) is 0 Å². The largest absolute Gasteiger partial charge is 0.388 e. The van der Waals surface area contributed by atoms with E-state index >= 15 is 0 Å². The second-order valence-corrected chi connectivity index (χ2v) is 6.86. The Morgan fingerprint density at radius 2 is 1.86 bits per heavy atom. The number of aryl methyl sites for hydroxylation is 1. The molecule has 1 unspecified atom stereocenters. The standard InChI is InChI=1S/C18H29N3O/c1-19-10-12-21(13-11-19)9-7-18(22)16-5-6-17-15(14-16)4-3-8-20(17)2/h5-6,14,18,22H,3-4,7-13H2,1-2H3. The van der Waals surface area contributed by atoms with Crippen molar-refractivity contribution in [2.45, 2.75) is 25.4 Å². The molecule has 0 amide bonds. The molecule has 1 fully saturated rings. The van der Waals surface area contributed by atoms with E-state index in [1.807, 2.05) is 0 Å². The van der Waals surface area contributed by atoms with Gasteiger partial charge in [-0.1, -0.05) is 12.1 Å². The molecule has 122 valence electrons. The fraction of sp³-hybridized carbons (Fsp3) is 0.667. The van der Waals surface area contributed by atoms with Gasteiger partial charge >= 0.3 is 0 Å². The van der Waals surface area contributed by atoms with E-state index in [1.54, 1.807) is 0 Å². The lowest BCUT2D eigenvalue weighted by molar-refractivity contribution is 0.113. The minimum Gasteiger partial charge on any atom is -0.388 e. The maximum absolute atomic E-state index is 10.5. The lowest BCUT2D eigenvalue weighted by Gasteiger charge is -2.33. The molecular formula is C18H29N3O. The minimum atomic E-state index is -0.336. The number of hydrogen-bond acceptors (Lipinski definition) is 4. The molecule has 4 nitrogen and oxygen atoms in total. The van der Waals surface area contributed by atoms with Crippen molar-refractivity contribution < 1.29 is 5.11 Å². The zero-order valence-electron chi connectivity index (χ0n) is 14.0. The first-order chi connectivity index (χ1) is 10.6. The molecule has 1 aromatic carbocycles. The van der Waals surface area contributed by atoms with Gasteiger partial charge in [-0.2, -0.15) is 0 Å². The number of likely N-dealkylation sites (N-methyl/N-ethyl adjacent to an activating group) is 1. The molecule has 2 heterocycles. The Labute approximate surface area is 134 Å². The van der Waals surface area contributed by atoms with Gasteiger partial charge in [0.1, 0.15) is 0 Å². The number of piperazine rings is 1. The highest BCUT2D eigenvalue weighted by atomic mass is 16.3. The Kier molecular flexibility index (Phi) is 5.01. The summed E-state index contributed by atoms with van der Waals surface area (Å²) in [7, 11) is 4.33. The zero-order valence-corrected chi connectivity index (χ0v) is 14.0. The highest BCUT2D eigenvalue weighted by Gasteiger charge is 2.18. The Morgan fingerprint density at radius 3 is 2.64 bits per heavy atom. The van der Waals surface area contributed by atoms with Crippen LogP contribution in [0.4, 0.5) is 5.69 Å². The Bertz CT molecular complexity index is 497. The number of rotatable bonds is 4. The monoisotopic (exact) mass is 303 g/mol. The van der Waals surface area contributed by atoms with Crippen LogP contribution in [0.3, 0.4) is 0 Å². The molecule has 2 aliphatic heterocycles. The van der Waals surface area contributed by atoms with Gasteiger partial charge in [-0.05, 0) is 43.5 Å². The number of fused-ring (bicyclic) bond motifs is 1. The maximum Gasteiger partial charge on any atom is 0.0802 e. The topological polar surface area (TPSA) is 30.0 Å². The normalized spacial score (nSPS) is 21.7. The Hall–Kier alpha value is -1.10. The number of anilines is 1. The van der Waals surface area contributed by atoms with Crippen LogP contribution in [0.5, 0.6) is 0 Å². The third-order valence-corrected chi connectivity index (χ3v) is 5.15. The summed E-state index contributed by atoms with van der Waals surface area (Å²) in [6.45, 7) is 6.66. The minimum absolute atomic E-state index is 0.336. The zero-order chi connectivity index (χ0) is 15.5. The van der Waals surface area contributed by atoms with E-state index in [2.05, 4.69) is 47.0 Å². The molecule has 0 radical (unpaired) electrons. The summed E-state index contributed by atoms with van der Waals surface area (Å²) in [6, 6.07) is 6.51. The van der Waals surface area contributed by atoms with Gasteiger partial charge in [0.25, 0.3) is 0 Å². The SMILES string of the molecule is CN1CCN(CCC(O)c2ccc3c(c2)CCCN3C)CC1. The number of aliphatic hydroxyl groups excluding tert-OH is 1. The van der Waals surface area contributed by atoms with Crippen LogP contribution in [0.2, 0.25) is 0 Å². The predicted octanol–water partition coefficient (Wildman–Crippen LogP) is 1.74. The lowest BCUT2D eigenvalue weighted by Crippen LogP contribution is -2.44. The summed E-state index contributed by atoms with van der Waals surface area (Å²) in [4.78, 5) is 7.15. The van der Waals surface area contributed by atoms with Crippen molar-refractivity contribution in [3.05, 3.63) is 29.3 Å². The summed E-state index contributed by atoms with van der Waals surface area (Å²) < 4.78 is 0. The fourth-order valence-electron chi connectivity index (χ4n) is 3.56. The van der Waals surface area contributed by atoms with Crippen molar-refractivity contribution in [1.82, 2.24) is 9.80 Å². The van der Waals surface area contributed by atoms with Crippen molar-refractivity contribution in [1.29, 1.82) is 0 Å². The van der Waals surface area contributed by atoms with Crippen molar-refractivity contribution >= 4 is 5.69 Å². The van der Waals surface area contributed by atoms with Crippen LogP contribution >= 0.6 is 0 Å². The van der Waals surface area contributed by atoms with Crippen LogP contribution < -0.4 is 4.90 Å². The molecule has 4 heteroatoms. The molecular weight excluding hydrogens is 274 g/mol. The summed E-state index contributed by atoms with van der Waals surface area (Å²) >= 11 is 0. The molecule has 0 aliphatic carbocycles. The summed E-state index contributed by atoms with van der Waals surface area (Å²) in [6.07, 6.45) is 2.85. The van der Waals surface area contributed by atoms with Crippen molar-refractivity contribution in [2.75, 3.05) is 58.3 Å². The summed E-state index contributed by atoms with van der Waals surface area (Å²) in [5, 5.41) is 10.5. The predicted molar refractivity (Wildman–Crippen MR) is 91.5 cm³/mol. The third-order valence-electron chi connectivity index (χ3n) is 5.15. The van der Waals surface area contributed by atoms with Crippen molar-refractivity contribution in [3.8, 4) is 0 Å². The molecule has 0 bridgehead atoms. The third kappa shape index (κ3) is 3.62. The molecule has 0 spiro atoms. The van der Waals surface area contributed by atoms with Crippen LogP contribution in [0.25, 0.3) is 0 Å². The number of benzene rings is 1. The quantitative estimate of drug-likeness (QED) is 0.918. The van der Waals surface area contributed by atoms with Gasteiger partial charge in [0.15, 0.2) is 0 Å². The number of aliphatic hydroxyl groups is 1. The average molecular weight is 303 g/mol. The van der Waals surface area contributed by atoms with E-state index in [4.69, 9.17) is 0 Å². The van der Waals surface area contributed by atoms with Crippen LogP contribution in [-0.4, -0.2) is 68.3 Å². The van der Waals surface area contributed by atoms with Crippen LogP contribution in [0.1, 0.15) is 30.1 Å². The van der Waals surface area contributed by atoms with E-state index in [9.17, 15) is 5.11 Å². The van der Waals surface area contributed by atoms with Crippen LogP contribution in [0.15, 0.2) is 18.2 Å². The van der Waals surface area contributed by atoms with E-state index in [-0.39, 0.29) is 6.10 Å². The molecule has 22 heavy (non-hydrogen) atoms. The van der Waals surface area contributed by atoms with Gasteiger partial charge < -0.3 is 19.8 Å². The molecule has 2 aliphatic rings. The highest BCUT2D eigenvalue weighted by Crippen LogP contribution is 2.29. The maximum atomic E-state index is 10.5. The first-order valence-electron chi connectivity index (χ1n) is 8.56. The summed E-state index contributed by atoms with van der Waals surface area (Å²) in [5.41, 5.74) is 3.81. The molecule has 1 saturated heterocycles. The smallest absolute Gasteiger partial charge is 0.0802 e. The number of hydrogen-bond donors (Lipinski definition) is 1. The second kappa shape index (κ2) is 6.99. The highest BCUT2D eigenvalue weighted by molar-refractivity contribution is 5.56. The first kappa shape index (κ1) is 15.8.